The Morgan fingerprint density at radius 3 is 2.72 bits per heavy atom. The number of rotatable bonds is 4. The second kappa shape index (κ2) is 7.09. The maximum Gasteiger partial charge on any atom is 0.260 e. The number of piperazine rings is 1. The van der Waals surface area contributed by atoms with Crippen molar-refractivity contribution in [3.05, 3.63) is 47.9 Å². The number of carbonyl (C=O) groups is 1. The van der Waals surface area contributed by atoms with E-state index in [1.54, 1.807) is 18.6 Å². The van der Waals surface area contributed by atoms with Gasteiger partial charge < -0.3 is 14.5 Å². The number of benzene rings is 1. The lowest BCUT2D eigenvalue weighted by atomic mass is 10.1. The molecule has 1 aromatic heterocycles. The molecule has 1 aromatic carbocycles. The zero-order valence-electron chi connectivity index (χ0n) is 14.2. The topological polar surface area (TPSA) is 58.6 Å². The average Bonchev–Trinajstić information content (AvgIpc) is 3.15. The third kappa shape index (κ3) is 3.57. The van der Waals surface area contributed by atoms with Crippen LogP contribution in [0.2, 0.25) is 0 Å². The summed E-state index contributed by atoms with van der Waals surface area (Å²) in [6, 6.07) is 6.19. The van der Waals surface area contributed by atoms with Gasteiger partial charge in [0, 0.05) is 38.6 Å². The Hall–Kier alpha value is -2.63. The molecule has 1 saturated heterocycles. The van der Waals surface area contributed by atoms with E-state index in [2.05, 4.69) is 27.0 Å². The van der Waals surface area contributed by atoms with Gasteiger partial charge in [0.1, 0.15) is 11.6 Å². The van der Waals surface area contributed by atoms with Gasteiger partial charge in [-0.25, -0.2) is 4.98 Å². The number of hydrogen-bond acceptors (Lipinski definition) is 5. The number of aryl methyl sites for hydroxylation is 2. The van der Waals surface area contributed by atoms with Crippen LogP contribution in [0.15, 0.2) is 36.8 Å². The molecule has 1 aliphatic carbocycles. The largest absolute Gasteiger partial charge is 0.484 e. The minimum atomic E-state index is 0.0410. The highest BCUT2D eigenvalue weighted by Crippen LogP contribution is 2.26. The fourth-order valence-corrected chi connectivity index (χ4v) is 3.51. The molecule has 0 bridgehead atoms. The molecule has 0 atom stereocenters. The standard InChI is InChI=1S/C19H22N4O2/c24-19(14-25-17-5-4-15-2-1-3-16(15)12-17)23-10-8-22(9-11-23)18-13-20-6-7-21-18/h4-7,12-13H,1-3,8-11,14H2. The SMILES string of the molecule is O=C(COc1ccc2c(c1)CCC2)N1CCN(c2cnccn2)CC1. The molecule has 2 heterocycles. The van der Waals surface area contributed by atoms with E-state index in [9.17, 15) is 4.79 Å². The first-order valence-corrected chi connectivity index (χ1v) is 8.83. The highest BCUT2D eigenvalue weighted by molar-refractivity contribution is 5.78. The molecular weight excluding hydrogens is 316 g/mol. The Balaban J connectivity index is 1.28. The molecule has 4 rings (SSSR count). The van der Waals surface area contributed by atoms with Crippen LogP contribution in [0.1, 0.15) is 17.5 Å². The molecule has 25 heavy (non-hydrogen) atoms. The Labute approximate surface area is 147 Å². The van der Waals surface area contributed by atoms with Crippen molar-refractivity contribution < 1.29 is 9.53 Å². The minimum absolute atomic E-state index is 0.0410. The Kier molecular flexibility index (Phi) is 4.50. The van der Waals surface area contributed by atoms with E-state index < -0.39 is 0 Å². The van der Waals surface area contributed by atoms with Crippen LogP contribution in [0.3, 0.4) is 0 Å². The summed E-state index contributed by atoms with van der Waals surface area (Å²) in [5.41, 5.74) is 2.78. The molecule has 6 heteroatoms. The number of ether oxygens (including phenoxy) is 1. The van der Waals surface area contributed by atoms with Crippen LogP contribution in [-0.4, -0.2) is 53.6 Å². The quantitative estimate of drug-likeness (QED) is 0.849. The van der Waals surface area contributed by atoms with Crippen molar-refractivity contribution in [3.8, 4) is 5.75 Å². The Morgan fingerprint density at radius 2 is 1.92 bits per heavy atom. The van der Waals surface area contributed by atoms with Gasteiger partial charge in [-0.15, -0.1) is 0 Å². The number of fused-ring (bicyclic) bond motifs is 1. The van der Waals surface area contributed by atoms with E-state index in [1.807, 2.05) is 11.0 Å². The lowest BCUT2D eigenvalue weighted by Gasteiger charge is -2.35. The Bertz CT molecular complexity index is 742. The van der Waals surface area contributed by atoms with Crippen LogP contribution >= 0.6 is 0 Å². The molecule has 0 radical (unpaired) electrons. The number of aromatic nitrogens is 2. The van der Waals surface area contributed by atoms with Crippen molar-refractivity contribution in [2.45, 2.75) is 19.3 Å². The van der Waals surface area contributed by atoms with E-state index in [1.165, 1.54) is 17.5 Å². The normalized spacial score (nSPS) is 16.6. The van der Waals surface area contributed by atoms with Crippen molar-refractivity contribution in [2.24, 2.45) is 0 Å². The zero-order valence-corrected chi connectivity index (χ0v) is 14.2. The van der Waals surface area contributed by atoms with E-state index in [4.69, 9.17) is 4.74 Å². The van der Waals surface area contributed by atoms with Crippen molar-refractivity contribution in [2.75, 3.05) is 37.7 Å². The predicted octanol–water partition coefficient (Wildman–Crippen LogP) is 1.69. The van der Waals surface area contributed by atoms with E-state index >= 15 is 0 Å². The summed E-state index contributed by atoms with van der Waals surface area (Å²) in [4.78, 5) is 24.8. The van der Waals surface area contributed by atoms with Crippen LogP contribution in [0.5, 0.6) is 5.75 Å². The van der Waals surface area contributed by atoms with Crippen molar-refractivity contribution in [3.63, 3.8) is 0 Å². The molecule has 1 aliphatic heterocycles. The number of anilines is 1. The molecule has 0 saturated carbocycles. The summed E-state index contributed by atoms with van der Waals surface area (Å²) >= 11 is 0. The predicted molar refractivity (Wildman–Crippen MR) is 94.8 cm³/mol. The summed E-state index contributed by atoms with van der Waals surface area (Å²) in [5, 5.41) is 0. The van der Waals surface area contributed by atoms with Crippen LogP contribution in [0.4, 0.5) is 5.82 Å². The van der Waals surface area contributed by atoms with Crippen molar-refractivity contribution in [1.82, 2.24) is 14.9 Å². The Morgan fingerprint density at radius 1 is 1.08 bits per heavy atom. The van der Waals surface area contributed by atoms with Crippen molar-refractivity contribution >= 4 is 11.7 Å². The molecule has 0 N–H and O–H groups in total. The second-order valence-electron chi connectivity index (χ2n) is 6.50. The summed E-state index contributed by atoms with van der Waals surface area (Å²) < 4.78 is 5.73. The summed E-state index contributed by atoms with van der Waals surface area (Å²) in [5.74, 6) is 1.70. The summed E-state index contributed by atoms with van der Waals surface area (Å²) in [6.45, 7) is 3.00. The van der Waals surface area contributed by atoms with Gasteiger partial charge in [0.2, 0.25) is 0 Å². The molecule has 6 nitrogen and oxygen atoms in total. The van der Waals surface area contributed by atoms with Crippen LogP contribution in [-0.2, 0) is 17.6 Å². The summed E-state index contributed by atoms with van der Waals surface area (Å²) in [7, 11) is 0. The first-order chi connectivity index (χ1) is 12.3. The molecule has 1 amide bonds. The minimum Gasteiger partial charge on any atom is -0.484 e. The van der Waals surface area contributed by atoms with E-state index in [-0.39, 0.29) is 12.5 Å². The molecule has 130 valence electrons. The van der Waals surface area contributed by atoms with Crippen molar-refractivity contribution in [1.29, 1.82) is 0 Å². The van der Waals surface area contributed by atoms with E-state index in [0.717, 1.165) is 37.5 Å². The molecule has 2 aromatic rings. The second-order valence-corrected chi connectivity index (χ2v) is 6.50. The molecule has 2 aliphatic rings. The van der Waals surface area contributed by atoms with Gasteiger partial charge in [0.15, 0.2) is 6.61 Å². The van der Waals surface area contributed by atoms with Gasteiger partial charge in [-0.2, -0.15) is 0 Å². The van der Waals surface area contributed by atoms with Gasteiger partial charge in [0.05, 0.1) is 6.20 Å². The first kappa shape index (κ1) is 15.9. The van der Waals surface area contributed by atoms with Crippen LogP contribution in [0, 0.1) is 0 Å². The van der Waals surface area contributed by atoms with Gasteiger partial charge in [0.25, 0.3) is 5.91 Å². The van der Waals surface area contributed by atoms with Gasteiger partial charge in [-0.3, -0.25) is 9.78 Å². The third-order valence-corrected chi connectivity index (χ3v) is 4.94. The highest BCUT2D eigenvalue weighted by Gasteiger charge is 2.22. The lowest BCUT2D eigenvalue weighted by molar-refractivity contribution is -0.133. The lowest BCUT2D eigenvalue weighted by Crippen LogP contribution is -2.50. The fourth-order valence-electron chi connectivity index (χ4n) is 3.51. The highest BCUT2D eigenvalue weighted by atomic mass is 16.5. The number of carbonyl (C=O) groups excluding carboxylic acids is 1. The zero-order chi connectivity index (χ0) is 17.1. The molecular formula is C19H22N4O2. The molecule has 0 spiro atoms. The third-order valence-electron chi connectivity index (χ3n) is 4.94. The molecule has 0 unspecified atom stereocenters. The molecule has 1 fully saturated rings. The number of hydrogen-bond donors (Lipinski definition) is 0. The van der Waals surface area contributed by atoms with E-state index in [0.29, 0.717) is 13.1 Å². The summed E-state index contributed by atoms with van der Waals surface area (Å²) in [6.07, 6.45) is 8.61. The smallest absolute Gasteiger partial charge is 0.260 e. The van der Waals surface area contributed by atoms with Gasteiger partial charge in [-0.1, -0.05) is 6.07 Å². The fraction of sp³-hybridized carbons (Fsp3) is 0.421. The van der Waals surface area contributed by atoms with Gasteiger partial charge >= 0.3 is 0 Å². The first-order valence-electron chi connectivity index (χ1n) is 8.83. The van der Waals surface area contributed by atoms with Crippen LogP contribution in [0.25, 0.3) is 0 Å². The maximum absolute atomic E-state index is 12.4. The number of amides is 1. The van der Waals surface area contributed by atoms with Gasteiger partial charge in [-0.05, 0) is 42.5 Å². The maximum atomic E-state index is 12.4. The monoisotopic (exact) mass is 338 g/mol. The average molecular weight is 338 g/mol. The number of nitrogens with zero attached hydrogens (tertiary/aromatic N) is 4. The van der Waals surface area contributed by atoms with Crippen LogP contribution < -0.4 is 9.64 Å².